The van der Waals surface area contributed by atoms with Gasteiger partial charge in [0, 0.05) is 31.7 Å². The van der Waals surface area contributed by atoms with Crippen molar-refractivity contribution in [3.63, 3.8) is 0 Å². The SMILES string of the molecule is Cc1ccc(F)c(-c2nccn2CC(C)Cn2cnc3cnccc32)c1. The third kappa shape index (κ3) is 3.10. The van der Waals surface area contributed by atoms with Crippen LogP contribution in [-0.4, -0.2) is 24.1 Å². The van der Waals surface area contributed by atoms with Gasteiger partial charge in [0.05, 0.1) is 23.6 Å². The fraction of sp³-hybridized carbons (Fsp3) is 0.250. The monoisotopic (exact) mass is 349 g/mol. The van der Waals surface area contributed by atoms with Gasteiger partial charge in [-0.1, -0.05) is 18.6 Å². The van der Waals surface area contributed by atoms with E-state index in [4.69, 9.17) is 0 Å². The molecule has 0 amide bonds. The van der Waals surface area contributed by atoms with E-state index >= 15 is 0 Å². The third-order valence-electron chi connectivity index (χ3n) is 4.52. The molecule has 6 heteroatoms. The molecule has 0 aliphatic heterocycles. The van der Waals surface area contributed by atoms with Crippen molar-refractivity contribution in [2.45, 2.75) is 26.9 Å². The average molecular weight is 349 g/mol. The summed E-state index contributed by atoms with van der Waals surface area (Å²) in [5, 5.41) is 0. The summed E-state index contributed by atoms with van der Waals surface area (Å²) in [5.74, 6) is 0.739. The summed E-state index contributed by atoms with van der Waals surface area (Å²) in [6.45, 7) is 5.68. The lowest BCUT2D eigenvalue weighted by Crippen LogP contribution is -2.14. The highest BCUT2D eigenvalue weighted by Crippen LogP contribution is 2.24. The first-order valence-electron chi connectivity index (χ1n) is 8.64. The van der Waals surface area contributed by atoms with Crippen LogP contribution in [0.1, 0.15) is 12.5 Å². The molecule has 0 aliphatic carbocycles. The molecule has 1 atom stereocenters. The molecule has 0 N–H and O–H groups in total. The first-order chi connectivity index (χ1) is 12.6. The minimum absolute atomic E-state index is 0.246. The van der Waals surface area contributed by atoms with Crippen LogP contribution in [0, 0.1) is 18.7 Å². The lowest BCUT2D eigenvalue weighted by Gasteiger charge is -2.16. The Balaban J connectivity index is 1.56. The summed E-state index contributed by atoms with van der Waals surface area (Å²) in [7, 11) is 0. The Morgan fingerprint density at radius 2 is 1.92 bits per heavy atom. The van der Waals surface area contributed by atoms with Crippen LogP contribution in [0.25, 0.3) is 22.4 Å². The highest BCUT2D eigenvalue weighted by atomic mass is 19.1. The van der Waals surface area contributed by atoms with Crippen molar-refractivity contribution in [1.82, 2.24) is 24.1 Å². The van der Waals surface area contributed by atoms with Crippen LogP contribution in [-0.2, 0) is 13.1 Å². The Morgan fingerprint density at radius 1 is 1.08 bits per heavy atom. The quantitative estimate of drug-likeness (QED) is 0.545. The van der Waals surface area contributed by atoms with Crippen molar-refractivity contribution in [2.75, 3.05) is 0 Å². The zero-order valence-corrected chi connectivity index (χ0v) is 14.8. The molecule has 0 radical (unpaired) electrons. The number of rotatable bonds is 5. The standard InChI is InChI=1S/C20H20FN5/c1-14-3-4-17(21)16(9-14)20-23-7-8-25(20)11-15(2)12-26-13-24-18-10-22-6-5-19(18)26/h3-10,13,15H,11-12H2,1-2H3. The average Bonchev–Trinajstić information content (AvgIpc) is 3.24. The van der Waals surface area contributed by atoms with E-state index in [0.29, 0.717) is 17.3 Å². The van der Waals surface area contributed by atoms with Crippen LogP contribution in [0.5, 0.6) is 0 Å². The van der Waals surface area contributed by atoms with Crippen LogP contribution < -0.4 is 0 Å². The zero-order chi connectivity index (χ0) is 18.1. The molecule has 3 heterocycles. The summed E-state index contributed by atoms with van der Waals surface area (Å²) in [6.07, 6.45) is 9.02. The normalized spacial score (nSPS) is 12.6. The van der Waals surface area contributed by atoms with Gasteiger partial charge in [-0.25, -0.2) is 14.4 Å². The van der Waals surface area contributed by atoms with Crippen LogP contribution in [0.15, 0.2) is 55.4 Å². The van der Waals surface area contributed by atoms with Gasteiger partial charge in [-0.15, -0.1) is 0 Å². The van der Waals surface area contributed by atoms with Crippen LogP contribution in [0.2, 0.25) is 0 Å². The van der Waals surface area contributed by atoms with E-state index in [1.807, 2.05) is 36.1 Å². The van der Waals surface area contributed by atoms with Gasteiger partial charge in [0.15, 0.2) is 0 Å². The highest BCUT2D eigenvalue weighted by Gasteiger charge is 2.14. The maximum absolute atomic E-state index is 14.3. The summed E-state index contributed by atoms with van der Waals surface area (Å²) >= 11 is 0. The summed E-state index contributed by atoms with van der Waals surface area (Å²) in [4.78, 5) is 12.9. The molecule has 1 aromatic carbocycles. The number of fused-ring (bicyclic) bond motifs is 1. The lowest BCUT2D eigenvalue weighted by molar-refractivity contribution is 0.423. The number of aromatic nitrogens is 5. The van der Waals surface area contributed by atoms with Crippen molar-refractivity contribution < 1.29 is 4.39 Å². The molecule has 4 aromatic rings. The topological polar surface area (TPSA) is 48.5 Å². The molecule has 132 valence electrons. The van der Waals surface area contributed by atoms with E-state index < -0.39 is 0 Å². The Morgan fingerprint density at radius 3 is 2.81 bits per heavy atom. The summed E-state index contributed by atoms with van der Waals surface area (Å²) in [5.41, 5.74) is 3.52. The van der Waals surface area contributed by atoms with Gasteiger partial charge in [0.1, 0.15) is 17.2 Å². The number of imidazole rings is 2. The number of hydrogen-bond acceptors (Lipinski definition) is 3. The van der Waals surface area contributed by atoms with Crippen molar-refractivity contribution in [2.24, 2.45) is 5.92 Å². The minimum Gasteiger partial charge on any atom is -0.331 e. The Hall–Kier alpha value is -3.02. The number of halogens is 1. The molecular formula is C20H20FN5. The molecule has 3 aromatic heterocycles. The van der Waals surface area contributed by atoms with Gasteiger partial charge in [-0.2, -0.15) is 0 Å². The maximum atomic E-state index is 14.3. The van der Waals surface area contributed by atoms with Crippen molar-refractivity contribution >= 4 is 11.0 Å². The van der Waals surface area contributed by atoms with Crippen LogP contribution >= 0.6 is 0 Å². The van der Waals surface area contributed by atoms with Crippen molar-refractivity contribution in [1.29, 1.82) is 0 Å². The number of pyridine rings is 1. The van der Waals surface area contributed by atoms with Crippen LogP contribution in [0.4, 0.5) is 4.39 Å². The molecule has 26 heavy (non-hydrogen) atoms. The molecule has 5 nitrogen and oxygen atoms in total. The number of benzene rings is 1. The third-order valence-corrected chi connectivity index (χ3v) is 4.52. The van der Waals surface area contributed by atoms with Crippen molar-refractivity contribution in [3.05, 3.63) is 66.8 Å². The minimum atomic E-state index is -0.246. The van der Waals surface area contributed by atoms with E-state index in [-0.39, 0.29) is 5.82 Å². The van der Waals surface area contributed by atoms with E-state index in [1.54, 1.807) is 24.7 Å². The van der Waals surface area contributed by atoms with Gasteiger partial charge < -0.3 is 9.13 Å². The van der Waals surface area contributed by atoms with E-state index in [9.17, 15) is 4.39 Å². The Kier molecular flexibility index (Phi) is 4.24. The van der Waals surface area contributed by atoms with E-state index in [1.165, 1.54) is 6.07 Å². The predicted octanol–water partition coefficient (Wildman–Crippen LogP) is 4.08. The largest absolute Gasteiger partial charge is 0.331 e. The van der Waals surface area contributed by atoms with Crippen molar-refractivity contribution in [3.8, 4) is 11.4 Å². The molecule has 0 saturated carbocycles. The molecule has 0 fully saturated rings. The lowest BCUT2D eigenvalue weighted by atomic mass is 10.1. The number of hydrogen-bond donors (Lipinski definition) is 0. The molecule has 0 aliphatic rings. The predicted molar refractivity (Wildman–Crippen MR) is 99.1 cm³/mol. The van der Waals surface area contributed by atoms with Gasteiger partial charge >= 0.3 is 0 Å². The second kappa shape index (κ2) is 6.71. The van der Waals surface area contributed by atoms with E-state index in [0.717, 1.165) is 29.7 Å². The van der Waals surface area contributed by atoms with Gasteiger partial charge in [0.25, 0.3) is 0 Å². The second-order valence-electron chi connectivity index (χ2n) is 6.75. The summed E-state index contributed by atoms with van der Waals surface area (Å²) in [6, 6.07) is 7.08. The van der Waals surface area contributed by atoms with Gasteiger partial charge in [-0.05, 0) is 31.0 Å². The Labute approximate surface area is 151 Å². The fourth-order valence-electron chi connectivity index (χ4n) is 3.30. The highest BCUT2D eigenvalue weighted by molar-refractivity contribution is 5.73. The first-order valence-corrected chi connectivity index (χ1v) is 8.64. The molecule has 1 unspecified atom stereocenters. The molecule has 0 spiro atoms. The zero-order valence-electron chi connectivity index (χ0n) is 14.8. The van der Waals surface area contributed by atoms with Crippen LogP contribution in [0.3, 0.4) is 0 Å². The fourth-order valence-corrected chi connectivity index (χ4v) is 3.30. The maximum Gasteiger partial charge on any atom is 0.142 e. The Bertz CT molecular complexity index is 1050. The molecule has 4 rings (SSSR count). The van der Waals surface area contributed by atoms with Gasteiger partial charge in [-0.3, -0.25) is 4.98 Å². The first kappa shape index (κ1) is 16.4. The molecule has 0 bridgehead atoms. The molecule has 0 saturated heterocycles. The summed E-state index contributed by atoms with van der Waals surface area (Å²) < 4.78 is 18.4. The number of aryl methyl sites for hydroxylation is 1. The number of nitrogens with zero attached hydrogens (tertiary/aromatic N) is 5. The second-order valence-corrected chi connectivity index (χ2v) is 6.75. The smallest absolute Gasteiger partial charge is 0.142 e. The van der Waals surface area contributed by atoms with Gasteiger partial charge in [0.2, 0.25) is 0 Å². The molecular weight excluding hydrogens is 329 g/mol. The van der Waals surface area contributed by atoms with E-state index in [2.05, 4.69) is 26.4 Å².